The lowest BCUT2D eigenvalue weighted by atomic mass is 10.1. The van der Waals surface area contributed by atoms with Gasteiger partial charge in [0.05, 0.1) is 23.8 Å². The summed E-state index contributed by atoms with van der Waals surface area (Å²) in [5.74, 6) is 1.87. The smallest absolute Gasteiger partial charge is 0.330 e. The van der Waals surface area contributed by atoms with Gasteiger partial charge in [-0.1, -0.05) is 0 Å². The monoisotopic (exact) mass is 446 g/mol. The van der Waals surface area contributed by atoms with E-state index in [-0.39, 0.29) is 18.5 Å². The molecule has 0 spiro atoms. The summed E-state index contributed by atoms with van der Waals surface area (Å²) in [6.45, 7) is 1.53. The normalized spacial score (nSPS) is 15.8. The zero-order valence-electron chi connectivity index (χ0n) is 18.0. The first kappa shape index (κ1) is 19.7. The predicted molar refractivity (Wildman–Crippen MR) is 121 cm³/mol. The van der Waals surface area contributed by atoms with Crippen LogP contribution in [0.4, 0.5) is 11.6 Å². The van der Waals surface area contributed by atoms with Gasteiger partial charge >= 0.3 is 5.69 Å². The predicted octanol–water partition coefficient (Wildman–Crippen LogP) is 3.02. The number of hydrogen-bond donors (Lipinski definition) is 1. The molecule has 0 unspecified atom stereocenters. The average Bonchev–Trinajstić information content (AvgIpc) is 3.42. The first-order valence-corrected chi connectivity index (χ1v) is 10.8. The second-order valence-electron chi connectivity index (χ2n) is 8.08. The van der Waals surface area contributed by atoms with Crippen LogP contribution < -0.4 is 20.5 Å². The van der Waals surface area contributed by atoms with E-state index in [0.717, 1.165) is 41.3 Å². The van der Waals surface area contributed by atoms with E-state index in [1.165, 1.54) is 0 Å². The van der Waals surface area contributed by atoms with Gasteiger partial charge < -0.3 is 19.5 Å². The lowest BCUT2D eigenvalue weighted by Gasteiger charge is -2.22. The minimum atomic E-state index is -0.0851. The van der Waals surface area contributed by atoms with Crippen LogP contribution in [0.5, 0.6) is 11.5 Å². The van der Waals surface area contributed by atoms with Crippen molar-refractivity contribution in [3.63, 3.8) is 0 Å². The van der Waals surface area contributed by atoms with Crippen LogP contribution in [-0.4, -0.2) is 44.1 Å². The van der Waals surface area contributed by atoms with Gasteiger partial charge in [-0.05, 0) is 43.2 Å². The van der Waals surface area contributed by atoms with Gasteiger partial charge in [0.15, 0.2) is 17.1 Å². The molecule has 1 aromatic carbocycles. The highest BCUT2D eigenvalue weighted by Crippen LogP contribution is 2.35. The SMILES string of the molecule is Cn1c(=O)n(C2CCOCC2)c2nc(Nc3ccc(-c4ccc5c(c4)OCO5)nc3)ncc21. The molecule has 4 aromatic rings. The molecule has 0 bridgehead atoms. The van der Waals surface area contributed by atoms with Crippen LogP contribution >= 0.6 is 0 Å². The Morgan fingerprint density at radius 1 is 1.03 bits per heavy atom. The van der Waals surface area contributed by atoms with Crippen molar-refractivity contribution in [2.75, 3.05) is 25.3 Å². The lowest BCUT2D eigenvalue weighted by molar-refractivity contribution is 0.0695. The molecule has 1 N–H and O–H groups in total. The highest BCUT2D eigenvalue weighted by Gasteiger charge is 2.23. The maximum Gasteiger partial charge on any atom is 0.330 e. The van der Waals surface area contributed by atoms with Crippen molar-refractivity contribution in [1.82, 2.24) is 24.1 Å². The molecule has 168 valence electrons. The standard InChI is InChI=1S/C23H22N6O4/c1-28-18-12-25-22(27-21(18)29(23(28)30)16-6-8-31-9-7-16)26-15-3-4-17(24-11-15)14-2-5-19-20(10-14)33-13-32-19/h2-5,10-12,16H,6-9,13H2,1H3,(H,25,26,27). The van der Waals surface area contributed by atoms with Crippen LogP contribution in [0, 0.1) is 0 Å². The minimum absolute atomic E-state index is 0.0698. The summed E-state index contributed by atoms with van der Waals surface area (Å²) in [6.07, 6.45) is 4.98. The molecule has 1 fully saturated rings. The highest BCUT2D eigenvalue weighted by atomic mass is 16.7. The number of aromatic nitrogens is 5. The fraction of sp³-hybridized carbons (Fsp3) is 0.304. The van der Waals surface area contributed by atoms with Crippen molar-refractivity contribution in [2.45, 2.75) is 18.9 Å². The molecule has 33 heavy (non-hydrogen) atoms. The van der Waals surface area contributed by atoms with Crippen LogP contribution in [0.1, 0.15) is 18.9 Å². The molecule has 0 amide bonds. The zero-order valence-corrected chi connectivity index (χ0v) is 18.0. The molecule has 5 heterocycles. The summed E-state index contributed by atoms with van der Waals surface area (Å²) in [7, 11) is 1.75. The van der Waals surface area contributed by atoms with Crippen LogP contribution in [0.2, 0.25) is 0 Å². The number of imidazole rings is 1. The Bertz CT molecular complexity index is 1390. The average molecular weight is 446 g/mol. The number of rotatable bonds is 4. The van der Waals surface area contributed by atoms with Crippen molar-refractivity contribution in [2.24, 2.45) is 7.05 Å². The van der Waals surface area contributed by atoms with Gasteiger partial charge in [0.2, 0.25) is 12.7 Å². The summed E-state index contributed by atoms with van der Waals surface area (Å²) in [4.78, 5) is 26.5. The third kappa shape index (κ3) is 3.48. The third-order valence-electron chi connectivity index (χ3n) is 6.08. The van der Waals surface area contributed by atoms with Crippen molar-refractivity contribution in [3.05, 3.63) is 53.2 Å². The number of anilines is 2. The zero-order chi connectivity index (χ0) is 22.4. The van der Waals surface area contributed by atoms with E-state index in [9.17, 15) is 4.79 Å². The van der Waals surface area contributed by atoms with E-state index >= 15 is 0 Å². The second kappa shape index (κ2) is 7.89. The van der Waals surface area contributed by atoms with Gasteiger partial charge in [0, 0.05) is 31.9 Å². The Labute approximate surface area is 188 Å². The highest BCUT2D eigenvalue weighted by molar-refractivity contribution is 5.73. The number of pyridine rings is 1. The maximum atomic E-state index is 12.9. The van der Waals surface area contributed by atoms with Gasteiger partial charge in [0.1, 0.15) is 5.52 Å². The quantitative estimate of drug-likeness (QED) is 0.510. The largest absolute Gasteiger partial charge is 0.454 e. The maximum absolute atomic E-state index is 12.9. The van der Waals surface area contributed by atoms with Crippen molar-refractivity contribution >= 4 is 22.8 Å². The molecule has 0 atom stereocenters. The molecule has 10 heteroatoms. The molecule has 0 saturated carbocycles. The van der Waals surface area contributed by atoms with E-state index in [2.05, 4.69) is 20.3 Å². The molecule has 1 saturated heterocycles. The van der Waals surface area contributed by atoms with Crippen molar-refractivity contribution < 1.29 is 14.2 Å². The Hall–Kier alpha value is -3.92. The molecular weight excluding hydrogens is 424 g/mol. The number of nitrogens with zero attached hydrogens (tertiary/aromatic N) is 5. The summed E-state index contributed by atoms with van der Waals surface area (Å²) in [6, 6.07) is 9.65. The van der Waals surface area contributed by atoms with Gasteiger partial charge in [0.25, 0.3) is 0 Å². The van der Waals surface area contributed by atoms with Crippen LogP contribution in [0.25, 0.3) is 22.4 Å². The van der Waals surface area contributed by atoms with E-state index < -0.39 is 0 Å². The van der Waals surface area contributed by atoms with Crippen LogP contribution in [0.3, 0.4) is 0 Å². The molecule has 2 aliphatic heterocycles. The Kier molecular flexibility index (Phi) is 4.72. The summed E-state index contributed by atoms with van der Waals surface area (Å²) in [5.41, 5.74) is 3.73. The van der Waals surface area contributed by atoms with E-state index in [1.54, 1.807) is 28.6 Å². The summed E-state index contributed by atoms with van der Waals surface area (Å²) >= 11 is 0. The number of hydrogen-bond acceptors (Lipinski definition) is 8. The van der Waals surface area contributed by atoms with E-state index in [1.807, 2.05) is 30.3 Å². The van der Waals surface area contributed by atoms with Gasteiger partial charge in [-0.3, -0.25) is 14.1 Å². The van der Waals surface area contributed by atoms with Crippen LogP contribution in [-0.2, 0) is 11.8 Å². The number of nitrogens with one attached hydrogen (secondary N) is 1. The van der Waals surface area contributed by atoms with E-state index in [0.29, 0.717) is 30.3 Å². The fourth-order valence-electron chi connectivity index (χ4n) is 4.29. The molecule has 0 radical (unpaired) electrons. The summed E-state index contributed by atoms with van der Waals surface area (Å²) in [5, 5.41) is 3.20. The van der Waals surface area contributed by atoms with Crippen LogP contribution in [0.15, 0.2) is 47.5 Å². The van der Waals surface area contributed by atoms with Gasteiger partial charge in [-0.15, -0.1) is 0 Å². The van der Waals surface area contributed by atoms with Crippen molar-refractivity contribution in [1.29, 1.82) is 0 Å². The summed E-state index contributed by atoms with van der Waals surface area (Å²) < 4.78 is 19.6. The topological polar surface area (TPSA) is 105 Å². The minimum Gasteiger partial charge on any atom is -0.454 e. The first-order valence-electron chi connectivity index (χ1n) is 10.8. The Morgan fingerprint density at radius 3 is 2.70 bits per heavy atom. The molecular formula is C23H22N6O4. The number of benzene rings is 1. The second-order valence-corrected chi connectivity index (χ2v) is 8.08. The Balaban J connectivity index is 1.28. The molecule has 10 nitrogen and oxygen atoms in total. The molecule has 6 rings (SSSR count). The number of fused-ring (bicyclic) bond motifs is 2. The number of ether oxygens (including phenoxy) is 3. The first-order chi connectivity index (χ1) is 16.2. The molecule has 0 aliphatic carbocycles. The molecule has 3 aromatic heterocycles. The lowest BCUT2D eigenvalue weighted by Crippen LogP contribution is -2.30. The Morgan fingerprint density at radius 2 is 1.88 bits per heavy atom. The van der Waals surface area contributed by atoms with Gasteiger partial charge in [-0.25, -0.2) is 9.78 Å². The molecule has 2 aliphatic rings. The fourth-order valence-corrected chi connectivity index (χ4v) is 4.29. The van der Waals surface area contributed by atoms with E-state index in [4.69, 9.17) is 14.2 Å². The number of aryl methyl sites for hydroxylation is 1. The van der Waals surface area contributed by atoms with Gasteiger partial charge in [-0.2, -0.15) is 4.98 Å². The third-order valence-corrected chi connectivity index (χ3v) is 6.08. The van der Waals surface area contributed by atoms with Crippen molar-refractivity contribution in [3.8, 4) is 22.8 Å².